The Morgan fingerprint density at radius 3 is 2.84 bits per heavy atom. The minimum atomic E-state index is -3.45. The molecule has 2 rings (SSSR count). The summed E-state index contributed by atoms with van der Waals surface area (Å²) in [7, 11) is 1.12. The van der Waals surface area contributed by atoms with Gasteiger partial charge in [-0.25, -0.2) is 17.5 Å². The lowest BCUT2D eigenvalue weighted by molar-refractivity contribution is 0.183. The zero-order valence-corrected chi connectivity index (χ0v) is 15.9. The largest absolute Gasteiger partial charge is 0.383 e. The number of nitrogens with one attached hydrogen (secondary N) is 2. The third-order valence-corrected chi connectivity index (χ3v) is 6.58. The number of hydrogen-bond acceptors (Lipinski definition) is 6. The van der Waals surface area contributed by atoms with Gasteiger partial charge in [0.1, 0.15) is 4.21 Å². The fourth-order valence-corrected chi connectivity index (χ4v) is 4.31. The van der Waals surface area contributed by atoms with E-state index in [9.17, 15) is 13.2 Å². The maximum absolute atomic E-state index is 12.0. The Morgan fingerprint density at radius 2 is 2.16 bits per heavy atom. The van der Waals surface area contributed by atoms with Crippen LogP contribution >= 0.6 is 11.3 Å². The monoisotopic (exact) mass is 387 g/mol. The van der Waals surface area contributed by atoms with E-state index in [0.29, 0.717) is 18.8 Å². The van der Waals surface area contributed by atoms with Crippen molar-refractivity contribution in [3.05, 3.63) is 29.4 Å². The van der Waals surface area contributed by atoms with E-state index >= 15 is 0 Å². The van der Waals surface area contributed by atoms with Crippen molar-refractivity contribution in [3.63, 3.8) is 0 Å². The zero-order chi connectivity index (χ0) is 18.4. The van der Waals surface area contributed by atoms with Crippen LogP contribution in [0.25, 0.3) is 0 Å². The molecule has 0 aliphatic carbocycles. The standard InChI is InChI=1S/C14H21N5O4S2/c1-18(2)25(21,22)13-5-4-12(24-13)9-15-14(20)17-11-8-16-19(10-11)6-7-23-3/h4-5,8,10H,6-7,9H2,1-3H3,(H2,15,17,20). The zero-order valence-electron chi connectivity index (χ0n) is 14.2. The lowest BCUT2D eigenvalue weighted by Crippen LogP contribution is -2.27. The van der Waals surface area contributed by atoms with Crippen LogP contribution in [0.5, 0.6) is 0 Å². The van der Waals surface area contributed by atoms with E-state index in [1.54, 1.807) is 30.3 Å². The third kappa shape index (κ3) is 5.26. The first kappa shape index (κ1) is 19.4. The van der Waals surface area contributed by atoms with E-state index in [1.807, 2.05) is 0 Å². The summed E-state index contributed by atoms with van der Waals surface area (Å²) >= 11 is 1.13. The number of hydrogen-bond donors (Lipinski definition) is 2. The van der Waals surface area contributed by atoms with Crippen molar-refractivity contribution in [2.45, 2.75) is 17.3 Å². The van der Waals surface area contributed by atoms with Gasteiger partial charge in [0.2, 0.25) is 0 Å². The van der Waals surface area contributed by atoms with Crippen molar-refractivity contribution >= 4 is 33.1 Å². The lowest BCUT2D eigenvalue weighted by Gasteiger charge is -2.08. The molecule has 0 saturated heterocycles. The van der Waals surface area contributed by atoms with Gasteiger partial charge in [-0.3, -0.25) is 4.68 Å². The normalized spacial score (nSPS) is 11.7. The van der Waals surface area contributed by atoms with Crippen LogP contribution in [-0.2, 0) is 27.8 Å². The van der Waals surface area contributed by atoms with Crippen LogP contribution in [0.2, 0.25) is 0 Å². The molecule has 11 heteroatoms. The number of ether oxygens (including phenoxy) is 1. The Bertz CT molecular complexity index is 813. The molecule has 0 saturated carbocycles. The summed E-state index contributed by atoms with van der Waals surface area (Å²) in [5.74, 6) is 0. The molecule has 0 aromatic carbocycles. The van der Waals surface area contributed by atoms with Crippen LogP contribution in [0, 0.1) is 0 Å². The number of amides is 2. The molecular weight excluding hydrogens is 366 g/mol. The summed E-state index contributed by atoms with van der Waals surface area (Å²) in [5, 5.41) is 9.45. The number of carbonyl (C=O) groups excluding carboxylic acids is 1. The predicted molar refractivity (Wildman–Crippen MR) is 95.2 cm³/mol. The molecule has 2 aromatic heterocycles. The van der Waals surface area contributed by atoms with Gasteiger partial charge >= 0.3 is 6.03 Å². The van der Waals surface area contributed by atoms with E-state index in [4.69, 9.17) is 4.74 Å². The number of nitrogens with zero attached hydrogens (tertiary/aromatic N) is 3. The molecular formula is C14H21N5O4S2. The van der Waals surface area contributed by atoms with Gasteiger partial charge in [-0.05, 0) is 12.1 Å². The molecule has 2 N–H and O–H groups in total. The van der Waals surface area contributed by atoms with Gasteiger partial charge in [0.15, 0.2) is 0 Å². The first-order chi connectivity index (χ1) is 11.8. The fraction of sp³-hybridized carbons (Fsp3) is 0.429. The first-order valence-electron chi connectivity index (χ1n) is 7.40. The number of urea groups is 1. The van der Waals surface area contributed by atoms with E-state index in [0.717, 1.165) is 20.5 Å². The molecule has 0 fully saturated rings. The average Bonchev–Trinajstić information content (AvgIpc) is 3.20. The predicted octanol–water partition coefficient (Wildman–Crippen LogP) is 1.16. The number of thiophene rings is 1. The molecule has 2 aromatic rings. The van der Waals surface area contributed by atoms with Crippen molar-refractivity contribution in [1.29, 1.82) is 0 Å². The Balaban J connectivity index is 1.86. The number of rotatable bonds is 8. The summed E-state index contributed by atoms with van der Waals surface area (Å²) in [6.45, 7) is 1.36. The van der Waals surface area contributed by atoms with Gasteiger partial charge in [0.25, 0.3) is 10.0 Å². The second-order valence-corrected chi connectivity index (χ2v) is 8.85. The van der Waals surface area contributed by atoms with Crippen molar-refractivity contribution in [2.24, 2.45) is 0 Å². The summed E-state index contributed by atoms with van der Waals surface area (Å²) in [6, 6.07) is 2.83. The average molecular weight is 387 g/mol. The van der Waals surface area contributed by atoms with Crippen molar-refractivity contribution < 1.29 is 17.9 Å². The number of sulfonamides is 1. The summed E-state index contributed by atoms with van der Waals surface area (Å²) in [4.78, 5) is 12.7. The Labute approximate surface area is 150 Å². The van der Waals surface area contributed by atoms with Gasteiger partial charge < -0.3 is 15.4 Å². The van der Waals surface area contributed by atoms with Crippen LogP contribution in [-0.4, -0.2) is 56.3 Å². The molecule has 0 aliphatic rings. The summed E-state index contributed by atoms with van der Waals surface area (Å²) in [6.07, 6.45) is 3.24. The van der Waals surface area contributed by atoms with Crippen molar-refractivity contribution in [3.8, 4) is 0 Å². The minimum absolute atomic E-state index is 0.233. The smallest absolute Gasteiger partial charge is 0.319 e. The fourth-order valence-electron chi connectivity index (χ4n) is 1.85. The van der Waals surface area contributed by atoms with E-state index in [-0.39, 0.29) is 10.8 Å². The number of aromatic nitrogens is 2. The van der Waals surface area contributed by atoms with Crippen molar-refractivity contribution in [1.82, 2.24) is 19.4 Å². The molecule has 0 bridgehead atoms. The minimum Gasteiger partial charge on any atom is -0.383 e. The van der Waals surface area contributed by atoms with Crippen LogP contribution in [0.15, 0.2) is 28.7 Å². The SMILES string of the molecule is COCCn1cc(NC(=O)NCc2ccc(S(=O)(=O)N(C)C)s2)cn1. The molecule has 2 amide bonds. The molecule has 0 radical (unpaired) electrons. The molecule has 9 nitrogen and oxygen atoms in total. The second kappa shape index (κ2) is 8.43. The van der Waals surface area contributed by atoms with Crippen LogP contribution in [0.4, 0.5) is 10.5 Å². The maximum atomic E-state index is 12.0. The highest BCUT2D eigenvalue weighted by molar-refractivity contribution is 7.91. The highest BCUT2D eigenvalue weighted by Gasteiger charge is 2.19. The van der Waals surface area contributed by atoms with Crippen molar-refractivity contribution in [2.75, 3.05) is 33.1 Å². The quantitative estimate of drug-likeness (QED) is 0.707. The molecule has 2 heterocycles. The molecule has 138 valence electrons. The van der Waals surface area contributed by atoms with E-state index < -0.39 is 16.1 Å². The molecule has 0 spiro atoms. The van der Waals surface area contributed by atoms with Gasteiger partial charge in [0.05, 0.1) is 31.6 Å². The third-order valence-electron chi connectivity index (χ3n) is 3.21. The molecule has 0 atom stereocenters. The number of methoxy groups -OCH3 is 1. The lowest BCUT2D eigenvalue weighted by atomic mass is 10.4. The van der Waals surface area contributed by atoms with Crippen LogP contribution < -0.4 is 10.6 Å². The Hall–Kier alpha value is -1.95. The van der Waals surface area contributed by atoms with E-state index in [2.05, 4.69) is 15.7 Å². The molecule has 0 unspecified atom stereocenters. The number of anilines is 1. The maximum Gasteiger partial charge on any atom is 0.319 e. The van der Waals surface area contributed by atoms with Crippen LogP contribution in [0.3, 0.4) is 0 Å². The number of carbonyl (C=O) groups is 1. The van der Waals surface area contributed by atoms with E-state index in [1.165, 1.54) is 20.2 Å². The Morgan fingerprint density at radius 1 is 1.40 bits per heavy atom. The van der Waals surface area contributed by atoms with Crippen LogP contribution in [0.1, 0.15) is 4.88 Å². The first-order valence-corrected chi connectivity index (χ1v) is 9.66. The van der Waals surface area contributed by atoms with Gasteiger partial charge in [0, 0.05) is 32.3 Å². The second-order valence-electron chi connectivity index (χ2n) is 5.30. The van der Waals surface area contributed by atoms with Gasteiger partial charge in [-0.15, -0.1) is 11.3 Å². The highest BCUT2D eigenvalue weighted by Crippen LogP contribution is 2.23. The molecule has 25 heavy (non-hydrogen) atoms. The molecule has 0 aliphatic heterocycles. The summed E-state index contributed by atoms with van der Waals surface area (Å²) < 4.78 is 32.1. The highest BCUT2D eigenvalue weighted by atomic mass is 32.2. The van der Waals surface area contributed by atoms with Gasteiger partial charge in [-0.2, -0.15) is 5.10 Å². The topological polar surface area (TPSA) is 106 Å². The Kier molecular flexibility index (Phi) is 6.53. The summed E-state index contributed by atoms with van der Waals surface area (Å²) in [5.41, 5.74) is 0.565. The van der Waals surface area contributed by atoms with Gasteiger partial charge in [-0.1, -0.05) is 0 Å².